The largest absolute Gasteiger partial charge is 0.463 e. The van der Waals surface area contributed by atoms with Gasteiger partial charge in [-0.15, -0.1) is 0 Å². The summed E-state index contributed by atoms with van der Waals surface area (Å²) in [6.45, 7) is 23.7. The minimum absolute atomic E-state index is 0. The third-order valence-electron chi connectivity index (χ3n) is 1.23. The van der Waals surface area contributed by atoms with Crippen molar-refractivity contribution >= 4 is 11.9 Å². The molecule has 116 valence electrons. The molecule has 0 aliphatic carbocycles. The van der Waals surface area contributed by atoms with E-state index in [0.29, 0.717) is 5.92 Å². The maximum Gasteiger partial charge on any atom is 0.347 e. The van der Waals surface area contributed by atoms with E-state index >= 15 is 0 Å². The molecule has 0 heterocycles. The van der Waals surface area contributed by atoms with E-state index in [4.69, 9.17) is 18.7 Å². The Hall–Kier alpha value is -1.32. The summed E-state index contributed by atoms with van der Waals surface area (Å²) in [7, 11) is 0. The molecule has 0 aromatic rings. The Morgan fingerprint density at radius 3 is 1.81 bits per heavy atom. The zero-order chi connectivity index (χ0) is 17.1. The van der Waals surface area contributed by atoms with E-state index in [1.54, 1.807) is 6.92 Å². The minimum Gasteiger partial charge on any atom is -0.463 e. The van der Waals surface area contributed by atoms with Crippen LogP contribution < -0.4 is 0 Å². The molecule has 0 amide bonds. The monoisotopic (exact) mass is 338 g/mol. The summed E-state index contributed by atoms with van der Waals surface area (Å²) in [5, 5.41) is 0. The van der Waals surface area contributed by atoms with Crippen molar-refractivity contribution in [3.63, 3.8) is 0 Å². The Balaban J connectivity index is -0.000000107. The van der Waals surface area contributed by atoms with Crippen LogP contribution in [0.15, 0.2) is 0 Å². The maximum absolute atomic E-state index is 11.0. The van der Waals surface area contributed by atoms with Crippen LogP contribution in [-0.4, -0.2) is 24.6 Å². The summed E-state index contributed by atoms with van der Waals surface area (Å²) in [5.41, 5.74) is 0. The van der Waals surface area contributed by atoms with Gasteiger partial charge in [0.25, 0.3) is 0 Å². The summed E-state index contributed by atoms with van der Waals surface area (Å²) in [4.78, 5) is 22.0. The minimum atomic E-state index is -0.905. The molecule has 0 rings (SSSR count). The Morgan fingerprint density at radius 2 is 1.52 bits per heavy atom. The van der Waals surface area contributed by atoms with Crippen molar-refractivity contribution < 1.29 is 50.1 Å². The Morgan fingerprint density at radius 1 is 1.14 bits per heavy atom. The van der Waals surface area contributed by atoms with E-state index < -0.39 is 18.0 Å². The van der Waals surface area contributed by atoms with Gasteiger partial charge in [0.2, 0.25) is 0 Å². The molecule has 4 radical (unpaired) electrons. The van der Waals surface area contributed by atoms with Crippen LogP contribution in [0.25, 0.3) is 0 Å². The molecule has 0 fully saturated rings. The molecule has 0 aromatic heterocycles. The van der Waals surface area contributed by atoms with Crippen LogP contribution in [0.3, 0.4) is 0 Å². The van der Waals surface area contributed by atoms with Gasteiger partial charge >= 0.3 is 45.8 Å². The van der Waals surface area contributed by atoms with E-state index in [1.807, 2.05) is 0 Å². The fraction of sp³-hybridized carbons (Fsp3) is 0.308. The number of carbonyl (C=O) groups is 2. The Bertz CT molecular complexity index is 293. The van der Waals surface area contributed by atoms with Crippen LogP contribution in [0.1, 0.15) is 13.8 Å². The average Bonchev–Trinajstić information content (AvgIpc) is 2.44. The summed E-state index contributed by atoms with van der Waals surface area (Å²) < 4.78 is 31.8. The van der Waals surface area contributed by atoms with E-state index in [9.17, 15) is 9.59 Å². The standard InChI is InChI=1S/C10H14O4.3CO.Fe/c1-5-13-10(12)8(4)14-9(11)6-7(2)3;3*1-2;/h6,8H,2-3,5H2,1,4H3;;;;/t8-;;;;/m0..../s1. The van der Waals surface area contributed by atoms with Gasteiger partial charge < -0.3 is 9.47 Å². The quantitative estimate of drug-likeness (QED) is 0.319. The first-order valence-corrected chi connectivity index (χ1v) is 4.81. The zero-order valence-electron chi connectivity index (χ0n) is 11.5. The third kappa shape index (κ3) is 27.8. The third-order valence-corrected chi connectivity index (χ3v) is 1.23. The summed E-state index contributed by atoms with van der Waals surface area (Å²) in [6.07, 6.45) is 0.202. The number of hydrogen-bond donors (Lipinski definition) is 0. The van der Waals surface area contributed by atoms with Crippen LogP contribution in [0.4, 0.5) is 0 Å². The van der Waals surface area contributed by atoms with Crippen LogP contribution in [0.2, 0.25) is 0 Å². The maximum atomic E-state index is 11.0. The summed E-state index contributed by atoms with van der Waals surface area (Å²) >= 11 is 0. The second-order valence-electron chi connectivity index (χ2n) is 2.63. The molecule has 0 aliphatic rings. The van der Waals surface area contributed by atoms with Gasteiger partial charge in [-0.2, -0.15) is 0 Å². The molecule has 1 atom stereocenters. The van der Waals surface area contributed by atoms with Crippen LogP contribution in [0, 0.1) is 46.1 Å². The number of hydrogen-bond acceptors (Lipinski definition) is 4. The molecule has 0 saturated heterocycles. The molecule has 0 aliphatic heterocycles. The van der Waals surface area contributed by atoms with Crippen molar-refractivity contribution in [2.45, 2.75) is 20.0 Å². The number of esters is 2. The first-order chi connectivity index (χ1) is 9.47. The van der Waals surface area contributed by atoms with Gasteiger partial charge in [0, 0.05) is 17.1 Å². The van der Waals surface area contributed by atoms with Crippen molar-refractivity contribution in [3.05, 3.63) is 46.1 Å². The second-order valence-corrected chi connectivity index (χ2v) is 2.63. The second kappa shape index (κ2) is 27.1. The molecule has 21 heavy (non-hydrogen) atoms. The van der Waals surface area contributed by atoms with Crippen LogP contribution in [0.5, 0.6) is 0 Å². The van der Waals surface area contributed by atoms with Crippen molar-refractivity contribution in [1.82, 2.24) is 0 Å². The van der Waals surface area contributed by atoms with Gasteiger partial charge in [-0.3, -0.25) is 4.79 Å². The molecule has 7 nitrogen and oxygen atoms in total. The predicted octanol–water partition coefficient (Wildman–Crippen LogP) is 0.813. The number of rotatable bonds is 5. The fourth-order valence-corrected chi connectivity index (χ4v) is 0.683. The van der Waals surface area contributed by atoms with Gasteiger partial charge in [0.15, 0.2) is 6.10 Å². The molecular formula is C13H14FeO7. The van der Waals surface area contributed by atoms with E-state index in [2.05, 4.69) is 38.5 Å². The molecule has 0 N–H and O–H groups in total. The van der Waals surface area contributed by atoms with Crippen LogP contribution in [-0.2, 0) is 50.1 Å². The van der Waals surface area contributed by atoms with Gasteiger partial charge in [-0.05, 0) is 33.6 Å². The summed E-state index contributed by atoms with van der Waals surface area (Å²) in [5.74, 6) is -0.888. The molecule has 8 heteroatoms. The van der Waals surface area contributed by atoms with Crippen LogP contribution >= 0.6 is 0 Å². The van der Waals surface area contributed by atoms with Crippen molar-refractivity contribution in [2.24, 2.45) is 0 Å². The smallest absolute Gasteiger partial charge is 0.347 e. The van der Waals surface area contributed by atoms with E-state index in [1.165, 1.54) is 6.92 Å². The normalized spacial score (nSPS) is 8.52. The van der Waals surface area contributed by atoms with Gasteiger partial charge in [-0.1, -0.05) is 0 Å². The molecule has 0 unspecified atom stereocenters. The summed E-state index contributed by atoms with van der Waals surface area (Å²) in [6, 6.07) is 0. The average molecular weight is 338 g/mol. The van der Waals surface area contributed by atoms with Gasteiger partial charge in [-0.25, -0.2) is 4.79 Å². The molecule has 0 bridgehead atoms. The van der Waals surface area contributed by atoms with Crippen molar-refractivity contribution in [3.8, 4) is 0 Å². The predicted molar refractivity (Wildman–Crippen MR) is 62.2 cm³/mol. The van der Waals surface area contributed by atoms with Gasteiger partial charge in [0.05, 0.1) is 13.0 Å². The zero-order valence-corrected chi connectivity index (χ0v) is 12.6. The Kier molecular flexibility index (Phi) is 41.1. The molecule has 0 aromatic carbocycles. The number of ether oxygens (including phenoxy) is 2. The fourth-order valence-electron chi connectivity index (χ4n) is 0.683. The number of carbonyl (C=O) groups excluding carboxylic acids is 2. The van der Waals surface area contributed by atoms with Crippen molar-refractivity contribution in [2.75, 3.05) is 6.61 Å². The first kappa shape index (κ1) is 31.9. The Labute approximate surface area is 135 Å². The topological polar surface area (TPSA) is 112 Å². The van der Waals surface area contributed by atoms with E-state index in [0.717, 1.165) is 6.42 Å². The van der Waals surface area contributed by atoms with Crippen molar-refractivity contribution in [1.29, 1.82) is 0 Å². The molecular weight excluding hydrogens is 324 g/mol. The molecule has 0 saturated carbocycles. The van der Waals surface area contributed by atoms with E-state index in [-0.39, 0.29) is 23.7 Å². The first-order valence-electron chi connectivity index (χ1n) is 4.81. The molecule has 0 spiro atoms. The van der Waals surface area contributed by atoms with Gasteiger partial charge in [0.1, 0.15) is 0 Å². The SMILES string of the molecule is [C-]#[O+].[C-]#[O+].[C-]#[O+].[CH2][C]([CH2])[CH]C(=O)O[C@@H](C)C(=O)OCC.[Fe].